The van der Waals surface area contributed by atoms with Gasteiger partial charge in [-0.05, 0) is 37.3 Å². The van der Waals surface area contributed by atoms with E-state index in [-0.39, 0.29) is 12.0 Å². The normalized spacial score (nSPS) is 17.2. The summed E-state index contributed by atoms with van der Waals surface area (Å²) in [4.78, 5) is 26.9. The highest BCUT2D eigenvalue weighted by atomic mass is 32.1. The van der Waals surface area contributed by atoms with E-state index in [0.717, 1.165) is 12.8 Å². The van der Waals surface area contributed by atoms with Crippen LogP contribution in [0, 0.1) is 13.8 Å². The van der Waals surface area contributed by atoms with Crippen molar-refractivity contribution in [3.8, 4) is 5.75 Å². The number of likely N-dealkylation sites (tertiary alicyclic amines) is 1. The van der Waals surface area contributed by atoms with Crippen molar-refractivity contribution in [1.82, 2.24) is 4.90 Å². The van der Waals surface area contributed by atoms with Crippen LogP contribution in [0.2, 0.25) is 0 Å². The fraction of sp³-hybridized carbons (Fsp3) is 0.444. The summed E-state index contributed by atoms with van der Waals surface area (Å²) in [6.45, 7) is 5.06. The molecule has 6 heteroatoms. The molecule has 3 rings (SSSR count). The van der Waals surface area contributed by atoms with E-state index in [0.29, 0.717) is 31.0 Å². The van der Waals surface area contributed by atoms with E-state index in [2.05, 4.69) is 18.4 Å². The van der Waals surface area contributed by atoms with Crippen LogP contribution < -0.4 is 10.4 Å². The predicted octanol–water partition coefficient (Wildman–Crippen LogP) is 2.93. The molecule has 1 fully saturated rings. The maximum absolute atomic E-state index is 12.4. The molecule has 0 spiro atoms. The molecule has 0 aromatic carbocycles. The lowest BCUT2D eigenvalue weighted by molar-refractivity contribution is -0.130. The summed E-state index contributed by atoms with van der Waals surface area (Å²) in [5.74, 6) is 1.20. The second-order valence-corrected chi connectivity index (χ2v) is 7.12. The Labute approximate surface area is 144 Å². The number of carbonyl (C=O) groups excluding carboxylic acids is 1. The second-order valence-electron chi connectivity index (χ2n) is 6.12. The van der Waals surface area contributed by atoms with Crippen molar-refractivity contribution >= 4 is 17.2 Å². The lowest BCUT2D eigenvalue weighted by Gasteiger charge is -2.17. The second kappa shape index (κ2) is 7.21. The predicted molar refractivity (Wildman–Crippen MR) is 92.7 cm³/mol. The van der Waals surface area contributed by atoms with Crippen LogP contribution in [0.25, 0.3) is 0 Å². The molecular weight excluding hydrogens is 326 g/mol. The Hall–Kier alpha value is -2.08. The Morgan fingerprint density at radius 1 is 1.42 bits per heavy atom. The number of thiophene rings is 1. The topological polar surface area (TPSA) is 59.8 Å². The van der Waals surface area contributed by atoms with E-state index >= 15 is 0 Å². The lowest BCUT2D eigenvalue weighted by atomic mass is 10.2. The third kappa shape index (κ3) is 4.06. The van der Waals surface area contributed by atoms with Crippen molar-refractivity contribution in [3.05, 3.63) is 50.2 Å². The van der Waals surface area contributed by atoms with Crippen LogP contribution in [0.3, 0.4) is 0 Å². The summed E-state index contributed by atoms with van der Waals surface area (Å²) < 4.78 is 10.8. The molecule has 2 aromatic rings. The molecule has 5 nitrogen and oxygen atoms in total. The molecule has 1 atom stereocenters. The number of nitrogens with zero attached hydrogens (tertiary/aromatic N) is 1. The van der Waals surface area contributed by atoms with Gasteiger partial charge in [0, 0.05) is 30.3 Å². The number of carbonyl (C=O) groups is 1. The molecule has 2 aromatic heterocycles. The highest BCUT2D eigenvalue weighted by Crippen LogP contribution is 2.21. The Bertz CT molecular complexity index is 779. The Morgan fingerprint density at radius 3 is 2.96 bits per heavy atom. The van der Waals surface area contributed by atoms with Crippen LogP contribution in [-0.4, -0.2) is 30.0 Å². The van der Waals surface area contributed by atoms with Crippen molar-refractivity contribution in [3.63, 3.8) is 0 Å². The summed E-state index contributed by atoms with van der Waals surface area (Å²) in [5, 5.41) is 2.06. The third-order valence-corrected chi connectivity index (χ3v) is 5.28. The average Bonchev–Trinajstić information content (AvgIpc) is 3.13. The molecule has 0 saturated carbocycles. The standard InChI is InChI=1S/C18H21NO4S/c1-12-6-8-24-16(12)3-4-17(20)19-7-5-14(11-19)23-15-9-13(2)22-18(21)10-15/h6,8-10,14H,3-5,7,11H2,1-2H3. The molecule has 0 aliphatic carbocycles. The van der Waals surface area contributed by atoms with Gasteiger partial charge in [0.25, 0.3) is 0 Å². The molecule has 1 amide bonds. The Morgan fingerprint density at radius 2 is 2.25 bits per heavy atom. The zero-order valence-corrected chi connectivity index (χ0v) is 14.7. The van der Waals surface area contributed by atoms with Crippen molar-refractivity contribution < 1.29 is 13.9 Å². The molecule has 24 heavy (non-hydrogen) atoms. The zero-order valence-electron chi connectivity index (χ0n) is 13.9. The van der Waals surface area contributed by atoms with E-state index < -0.39 is 5.63 Å². The van der Waals surface area contributed by atoms with Gasteiger partial charge in [-0.25, -0.2) is 4.79 Å². The number of aryl methyl sites for hydroxylation is 3. The molecule has 1 aliphatic heterocycles. The van der Waals surface area contributed by atoms with Crippen molar-refractivity contribution in [2.45, 2.75) is 39.2 Å². The van der Waals surface area contributed by atoms with Gasteiger partial charge < -0.3 is 14.1 Å². The highest BCUT2D eigenvalue weighted by molar-refractivity contribution is 7.10. The van der Waals surface area contributed by atoms with Crippen LogP contribution in [0.1, 0.15) is 29.0 Å². The van der Waals surface area contributed by atoms with Gasteiger partial charge >= 0.3 is 5.63 Å². The first-order valence-electron chi connectivity index (χ1n) is 8.10. The highest BCUT2D eigenvalue weighted by Gasteiger charge is 2.27. The number of rotatable bonds is 5. The first-order chi connectivity index (χ1) is 11.5. The number of hydrogen-bond donors (Lipinski definition) is 0. The first kappa shape index (κ1) is 16.8. The van der Waals surface area contributed by atoms with E-state index in [1.165, 1.54) is 16.5 Å². The van der Waals surface area contributed by atoms with E-state index in [1.54, 1.807) is 24.3 Å². The molecule has 0 N–H and O–H groups in total. The van der Waals surface area contributed by atoms with Gasteiger partial charge in [-0.3, -0.25) is 4.79 Å². The lowest BCUT2D eigenvalue weighted by Crippen LogP contribution is -2.31. The van der Waals surface area contributed by atoms with Gasteiger partial charge in [0.15, 0.2) is 0 Å². The van der Waals surface area contributed by atoms with Gasteiger partial charge in [-0.1, -0.05) is 0 Å². The zero-order chi connectivity index (χ0) is 17.1. The quantitative estimate of drug-likeness (QED) is 0.834. The van der Waals surface area contributed by atoms with Crippen LogP contribution in [0.4, 0.5) is 0 Å². The molecular formula is C18H21NO4S. The minimum atomic E-state index is -0.415. The van der Waals surface area contributed by atoms with Crippen molar-refractivity contribution in [2.24, 2.45) is 0 Å². The van der Waals surface area contributed by atoms with Crippen LogP contribution in [-0.2, 0) is 11.2 Å². The van der Waals surface area contributed by atoms with Gasteiger partial charge in [0.1, 0.15) is 17.6 Å². The average molecular weight is 347 g/mol. The number of amides is 1. The van der Waals surface area contributed by atoms with Gasteiger partial charge in [0.05, 0.1) is 12.6 Å². The number of ether oxygens (including phenoxy) is 1. The van der Waals surface area contributed by atoms with E-state index in [9.17, 15) is 9.59 Å². The Kier molecular flexibility index (Phi) is 5.04. The largest absolute Gasteiger partial charge is 0.488 e. The summed E-state index contributed by atoms with van der Waals surface area (Å²) >= 11 is 1.71. The first-order valence-corrected chi connectivity index (χ1v) is 8.98. The minimum absolute atomic E-state index is 0.0707. The third-order valence-electron chi connectivity index (χ3n) is 4.20. The maximum atomic E-state index is 12.4. The van der Waals surface area contributed by atoms with Gasteiger partial charge in [0.2, 0.25) is 5.91 Å². The van der Waals surface area contributed by atoms with Gasteiger partial charge in [-0.2, -0.15) is 0 Å². The fourth-order valence-electron chi connectivity index (χ4n) is 2.93. The van der Waals surface area contributed by atoms with Crippen LogP contribution in [0.15, 0.2) is 32.8 Å². The summed E-state index contributed by atoms with van der Waals surface area (Å²) in [6.07, 6.45) is 2.03. The molecule has 0 bridgehead atoms. The fourth-order valence-corrected chi connectivity index (χ4v) is 3.84. The molecule has 1 aliphatic rings. The van der Waals surface area contributed by atoms with Gasteiger partial charge in [-0.15, -0.1) is 11.3 Å². The molecule has 128 valence electrons. The van der Waals surface area contributed by atoms with Crippen LogP contribution >= 0.6 is 11.3 Å². The Balaban J connectivity index is 1.52. The summed E-state index contributed by atoms with van der Waals surface area (Å²) in [6, 6.07) is 5.13. The summed E-state index contributed by atoms with van der Waals surface area (Å²) in [7, 11) is 0. The van der Waals surface area contributed by atoms with E-state index in [4.69, 9.17) is 9.15 Å². The monoisotopic (exact) mass is 347 g/mol. The van der Waals surface area contributed by atoms with Crippen molar-refractivity contribution in [2.75, 3.05) is 13.1 Å². The SMILES string of the molecule is Cc1cc(OC2CCN(C(=O)CCc3sccc3C)C2)cc(=O)o1. The molecule has 1 saturated heterocycles. The minimum Gasteiger partial charge on any atom is -0.488 e. The van der Waals surface area contributed by atoms with E-state index in [1.807, 2.05) is 4.90 Å². The molecule has 0 radical (unpaired) electrons. The maximum Gasteiger partial charge on any atom is 0.339 e. The molecule has 1 unspecified atom stereocenters. The number of hydrogen-bond acceptors (Lipinski definition) is 5. The summed E-state index contributed by atoms with van der Waals surface area (Å²) in [5.41, 5.74) is 0.843. The van der Waals surface area contributed by atoms with Crippen molar-refractivity contribution in [1.29, 1.82) is 0 Å². The molecule has 3 heterocycles. The van der Waals surface area contributed by atoms with Crippen LogP contribution in [0.5, 0.6) is 5.75 Å². The smallest absolute Gasteiger partial charge is 0.339 e.